The van der Waals surface area contributed by atoms with Crippen LogP contribution < -0.4 is 5.48 Å². The molecule has 0 saturated heterocycles. The third kappa shape index (κ3) is 2.61. The summed E-state index contributed by atoms with van der Waals surface area (Å²) in [7, 11) is 0. The van der Waals surface area contributed by atoms with Crippen LogP contribution in [0.3, 0.4) is 0 Å². The number of hydrogen-bond donors (Lipinski definition) is 2. The number of rotatable bonds is 3. The number of benzene rings is 1. The van der Waals surface area contributed by atoms with Crippen molar-refractivity contribution in [3.8, 4) is 11.3 Å². The minimum absolute atomic E-state index is 0.0485. The number of halogens is 2. The van der Waals surface area contributed by atoms with Crippen molar-refractivity contribution in [3.05, 3.63) is 52.8 Å². The first-order valence-electron chi connectivity index (χ1n) is 7.11. The van der Waals surface area contributed by atoms with Gasteiger partial charge in [-0.15, -0.1) is 0 Å². The first kappa shape index (κ1) is 16.0. The summed E-state index contributed by atoms with van der Waals surface area (Å²) in [5.41, 5.74) is 3.95. The number of aromatic nitrogens is 3. The summed E-state index contributed by atoms with van der Waals surface area (Å²) in [6, 6.07) is 6.73. The highest BCUT2D eigenvalue weighted by atomic mass is 19.3. The van der Waals surface area contributed by atoms with Gasteiger partial charge in [0.2, 0.25) is 0 Å². The Bertz CT molecular complexity index is 937. The van der Waals surface area contributed by atoms with Gasteiger partial charge in [0, 0.05) is 5.56 Å². The number of nitrogens with zero attached hydrogens (tertiary/aromatic N) is 3. The topological polar surface area (TPSA) is 79.5 Å². The fraction of sp³-hybridized carbons (Fsp3) is 0.188. The number of amides is 1. The summed E-state index contributed by atoms with van der Waals surface area (Å²) < 4.78 is 27.7. The van der Waals surface area contributed by atoms with Gasteiger partial charge in [-0.05, 0) is 37.1 Å². The Balaban J connectivity index is 2.28. The van der Waals surface area contributed by atoms with Gasteiger partial charge in [0.1, 0.15) is 11.3 Å². The lowest BCUT2D eigenvalue weighted by molar-refractivity contribution is 0.0708. The highest BCUT2D eigenvalue weighted by Gasteiger charge is 2.21. The van der Waals surface area contributed by atoms with Crippen molar-refractivity contribution in [2.24, 2.45) is 0 Å². The van der Waals surface area contributed by atoms with Gasteiger partial charge in [-0.2, -0.15) is 5.10 Å². The van der Waals surface area contributed by atoms with Gasteiger partial charge in [-0.1, -0.05) is 12.1 Å². The van der Waals surface area contributed by atoms with E-state index in [2.05, 4.69) is 10.1 Å². The molecule has 3 rings (SSSR count). The van der Waals surface area contributed by atoms with Crippen molar-refractivity contribution in [3.63, 3.8) is 0 Å². The van der Waals surface area contributed by atoms with Crippen molar-refractivity contribution < 1.29 is 18.8 Å². The Labute approximate surface area is 135 Å². The molecular formula is C16H14F2N4O2. The van der Waals surface area contributed by atoms with E-state index in [9.17, 15) is 13.6 Å². The minimum atomic E-state index is -2.80. The molecule has 0 fully saturated rings. The number of hydrogen-bond acceptors (Lipinski definition) is 4. The van der Waals surface area contributed by atoms with Crippen LogP contribution in [0.15, 0.2) is 30.5 Å². The first-order valence-corrected chi connectivity index (χ1v) is 7.11. The second-order valence-electron chi connectivity index (χ2n) is 5.40. The number of hydroxylamine groups is 1. The maximum atomic E-state index is 13.4. The molecular weight excluding hydrogens is 318 g/mol. The molecule has 124 valence electrons. The van der Waals surface area contributed by atoms with E-state index in [1.54, 1.807) is 6.07 Å². The van der Waals surface area contributed by atoms with E-state index < -0.39 is 12.3 Å². The molecule has 0 unspecified atom stereocenters. The third-order valence-electron chi connectivity index (χ3n) is 3.87. The van der Waals surface area contributed by atoms with Crippen LogP contribution in [0, 0.1) is 13.8 Å². The van der Waals surface area contributed by atoms with Gasteiger partial charge in [-0.25, -0.2) is 23.8 Å². The lowest BCUT2D eigenvalue weighted by Gasteiger charge is -2.09. The molecule has 0 spiro atoms. The van der Waals surface area contributed by atoms with E-state index in [-0.39, 0.29) is 16.9 Å². The summed E-state index contributed by atoms with van der Waals surface area (Å²) in [6.07, 6.45) is -1.71. The largest absolute Gasteiger partial charge is 0.288 e. The lowest BCUT2D eigenvalue weighted by atomic mass is 10.0. The van der Waals surface area contributed by atoms with Gasteiger partial charge in [-0.3, -0.25) is 10.0 Å². The van der Waals surface area contributed by atoms with Crippen LogP contribution in [0.25, 0.3) is 16.9 Å². The number of fused-ring (bicyclic) bond motifs is 1. The predicted octanol–water partition coefficient (Wildman–Crippen LogP) is 3.07. The average molecular weight is 332 g/mol. The predicted molar refractivity (Wildman–Crippen MR) is 82.1 cm³/mol. The summed E-state index contributed by atoms with van der Waals surface area (Å²) in [4.78, 5) is 16.0. The molecule has 0 saturated carbocycles. The number of carbonyl (C=O) groups excluding carboxylic acids is 1. The zero-order valence-corrected chi connectivity index (χ0v) is 12.9. The Kier molecular flexibility index (Phi) is 3.98. The van der Waals surface area contributed by atoms with Crippen LogP contribution in [0.2, 0.25) is 0 Å². The van der Waals surface area contributed by atoms with Crippen LogP contribution >= 0.6 is 0 Å². The molecule has 0 aliphatic rings. The third-order valence-corrected chi connectivity index (χ3v) is 3.87. The van der Waals surface area contributed by atoms with Crippen molar-refractivity contribution in [1.29, 1.82) is 0 Å². The smallest absolute Gasteiger partial charge is 0.280 e. The molecule has 2 aromatic heterocycles. The molecule has 6 nitrogen and oxygen atoms in total. The Morgan fingerprint density at radius 1 is 1.25 bits per heavy atom. The molecule has 1 amide bonds. The quantitative estimate of drug-likeness (QED) is 0.571. The van der Waals surface area contributed by atoms with Crippen molar-refractivity contribution in [2.75, 3.05) is 0 Å². The first-order chi connectivity index (χ1) is 11.4. The summed E-state index contributed by atoms with van der Waals surface area (Å²) in [5.74, 6) is -0.866. The SMILES string of the molecule is Cc1ccc(-c2cc(C(F)F)n3ncc(C(=O)NO)c3n2)cc1C. The van der Waals surface area contributed by atoms with E-state index in [4.69, 9.17) is 5.21 Å². The normalized spacial score (nSPS) is 11.2. The van der Waals surface area contributed by atoms with Crippen LogP contribution in [0.1, 0.15) is 33.6 Å². The zero-order chi connectivity index (χ0) is 17.4. The Morgan fingerprint density at radius 3 is 2.62 bits per heavy atom. The molecule has 0 aliphatic carbocycles. The van der Waals surface area contributed by atoms with Crippen LogP contribution in [0.5, 0.6) is 0 Å². The highest BCUT2D eigenvalue weighted by Crippen LogP contribution is 2.27. The molecule has 0 bridgehead atoms. The second kappa shape index (κ2) is 5.97. The van der Waals surface area contributed by atoms with Gasteiger partial charge < -0.3 is 0 Å². The van der Waals surface area contributed by atoms with Gasteiger partial charge >= 0.3 is 0 Å². The molecule has 2 heterocycles. The maximum absolute atomic E-state index is 13.4. The van der Waals surface area contributed by atoms with E-state index in [0.717, 1.165) is 21.8 Å². The molecule has 0 aliphatic heterocycles. The van der Waals surface area contributed by atoms with Crippen molar-refractivity contribution in [2.45, 2.75) is 20.3 Å². The number of carbonyl (C=O) groups is 1. The summed E-state index contributed by atoms with van der Waals surface area (Å²) in [5, 5.41) is 12.6. The highest BCUT2D eigenvalue weighted by molar-refractivity contribution is 5.99. The van der Waals surface area contributed by atoms with Crippen molar-refractivity contribution >= 4 is 11.6 Å². The van der Waals surface area contributed by atoms with E-state index >= 15 is 0 Å². The lowest BCUT2D eigenvalue weighted by Crippen LogP contribution is -2.18. The van der Waals surface area contributed by atoms with Gasteiger partial charge in [0.25, 0.3) is 12.3 Å². The Morgan fingerprint density at radius 2 is 2.00 bits per heavy atom. The fourth-order valence-corrected chi connectivity index (χ4v) is 2.41. The van der Waals surface area contributed by atoms with Crippen LogP contribution in [-0.2, 0) is 0 Å². The standard InChI is InChI=1S/C16H14F2N4O2/c1-8-3-4-10(5-9(8)2)12-6-13(14(17)18)22-15(20-12)11(7-19-22)16(23)21-24/h3-7,14,24H,1-2H3,(H,21,23). The van der Waals surface area contributed by atoms with Gasteiger partial charge in [0.15, 0.2) is 5.65 Å². The van der Waals surface area contributed by atoms with Crippen molar-refractivity contribution in [1.82, 2.24) is 20.1 Å². The van der Waals surface area contributed by atoms with E-state index in [1.165, 1.54) is 11.5 Å². The number of alkyl halides is 2. The summed E-state index contributed by atoms with van der Waals surface area (Å²) >= 11 is 0. The van der Waals surface area contributed by atoms with Crippen LogP contribution in [0.4, 0.5) is 8.78 Å². The minimum Gasteiger partial charge on any atom is -0.288 e. The van der Waals surface area contributed by atoms with E-state index in [1.807, 2.05) is 26.0 Å². The molecule has 8 heteroatoms. The molecule has 1 aromatic carbocycles. The fourth-order valence-electron chi connectivity index (χ4n) is 2.41. The molecule has 3 aromatic rings. The molecule has 24 heavy (non-hydrogen) atoms. The molecule has 0 radical (unpaired) electrons. The zero-order valence-electron chi connectivity index (χ0n) is 12.9. The van der Waals surface area contributed by atoms with Crippen LogP contribution in [-0.4, -0.2) is 25.7 Å². The number of aryl methyl sites for hydroxylation is 2. The van der Waals surface area contributed by atoms with Gasteiger partial charge in [0.05, 0.1) is 11.9 Å². The average Bonchev–Trinajstić information content (AvgIpc) is 2.99. The summed E-state index contributed by atoms with van der Waals surface area (Å²) in [6.45, 7) is 3.86. The maximum Gasteiger partial charge on any atom is 0.280 e. The number of nitrogens with one attached hydrogen (secondary N) is 1. The monoisotopic (exact) mass is 332 g/mol. The van der Waals surface area contributed by atoms with E-state index in [0.29, 0.717) is 11.3 Å². The second-order valence-corrected chi connectivity index (χ2v) is 5.40. The Hall–Kier alpha value is -2.87. The molecule has 2 N–H and O–H groups in total. The molecule has 0 atom stereocenters.